The summed E-state index contributed by atoms with van der Waals surface area (Å²) in [4.78, 5) is 4.66. The molecule has 4 aromatic rings. The Morgan fingerprint density at radius 2 is 1.56 bits per heavy atom. The third kappa shape index (κ3) is 4.28. The Morgan fingerprint density at radius 1 is 0.824 bits per heavy atom. The van der Waals surface area contributed by atoms with Crippen LogP contribution in [0.15, 0.2) is 94.8 Å². The molecule has 0 saturated carbocycles. The van der Waals surface area contributed by atoms with E-state index in [-0.39, 0.29) is 4.90 Å². The summed E-state index contributed by atoms with van der Waals surface area (Å²) in [5.74, 6) is 0. The predicted octanol–water partition coefficient (Wildman–Crippen LogP) is 6.05. The number of rotatable bonds is 4. The number of aliphatic imine (C=N–C) groups is 1. The Hall–Kier alpha value is -3.65. The summed E-state index contributed by atoms with van der Waals surface area (Å²) in [6, 6.07) is 22.8. The van der Waals surface area contributed by atoms with E-state index in [0.717, 1.165) is 16.8 Å². The fraction of sp³-hybridized carbons (Fsp3) is 0.115. The first-order valence-electron chi connectivity index (χ1n) is 10.6. The van der Waals surface area contributed by atoms with Gasteiger partial charge in [0.1, 0.15) is 0 Å². The summed E-state index contributed by atoms with van der Waals surface area (Å²) in [5.41, 5.74) is 2.25. The van der Waals surface area contributed by atoms with Crippen molar-refractivity contribution in [3.05, 3.63) is 107 Å². The number of halogens is 3. The van der Waals surface area contributed by atoms with Gasteiger partial charge >= 0.3 is 6.18 Å². The van der Waals surface area contributed by atoms with Gasteiger partial charge in [-0.1, -0.05) is 48.5 Å². The highest BCUT2D eigenvalue weighted by Gasteiger charge is 2.31. The standard InChI is InChI=1S/C26H19F3N2O2S/c27-26(28,29)21-8-12-24-20(15-21)13-14-30-25(24)18-5-9-22(10-6-18)31-34(32,33)23-11-7-17-3-1-2-4-19(17)16-23/h1-12,15-16,31H,13-14H2. The van der Waals surface area contributed by atoms with Crippen LogP contribution in [0.25, 0.3) is 10.8 Å². The van der Waals surface area contributed by atoms with E-state index in [0.29, 0.717) is 41.1 Å². The largest absolute Gasteiger partial charge is 0.416 e. The third-order valence-corrected chi connectivity index (χ3v) is 7.16. The Labute approximate surface area is 194 Å². The zero-order valence-corrected chi connectivity index (χ0v) is 18.6. The number of nitrogens with one attached hydrogen (secondary N) is 1. The molecular weight excluding hydrogens is 461 g/mol. The number of sulfonamides is 1. The molecule has 4 aromatic carbocycles. The summed E-state index contributed by atoms with van der Waals surface area (Å²) < 4.78 is 67.6. The second-order valence-corrected chi connectivity index (χ2v) is 9.72. The summed E-state index contributed by atoms with van der Waals surface area (Å²) in [7, 11) is -3.80. The first-order chi connectivity index (χ1) is 16.2. The quantitative estimate of drug-likeness (QED) is 0.386. The fourth-order valence-corrected chi connectivity index (χ4v) is 5.17. The summed E-state index contributed by atoms with van der Waals surface area (Å²) in [6.45, 7) is 0.389. The zero-order valence-electron chi connectivity index (χ0n) is 17.8. The molecule has 5 rings (SSSR count). The second-order valence-electron chi connectivity index (χ2n) is 8.04. The molecule has 0 aliphatic carbocycles. The highest BCUT2D eigenvalue weighted by molar-refractivity contribution is 7.92. The van der Waals surface area contributed by atoms with Gasteiger partial charge in [0.15, 0.2) is 0 Å². The van der Waals surface area contributed by atoms with Gasteiger partial charge in [-0.2, -0.15) is 13.2 Å². The molecule has 172 valence electrons. The van der Waals surface area contributed by atoms with Gasteiger partial charge in [-0.05, 0) is 59.2 Å². The van der Waals surface area contributed by atoms with Crippen LogP contribution in [0.1, 0.15) is 22.3 Å². The maximum absolute atomic E-state index is 13.1. The van der Waals surface area contributed by atoms with E-state index in [1.807, 2.05) is 24.3 Å². The van der Waals surface area contributed by atoms with Crippen LogP contribution < -0.4 is 4.72 Å². The van der Waals surface area contributed by atoms with Gasteiger partial charge in [0.25, 0.3) is 10.0 Å². The number of nitrogens with zero attached hydrogens (tertiary/aromatic N) is 1. The average molecular weight is 481 g/mol. The first kappa shape index (κ1) is 22.2. The Balaban J connectivity index is 1.39. The Morgan fingerprint density at radius 3 is 2.29 bits per heavy atom. The van der Waals surface area contributed by atoms with Crippen LogP contribution in [-0.2, 0) is 22.6 Å². The van der Waals surface area contributed by atoms with Crippen LogP contribution in [0.3, 0.4) is 0 Å². The molecule has 1 heterocycles. The lowest BCUT2D eigenvalue weighted by atomic mass is 9.92. The van der Waals surface area contributed by atoms with Gasteiger partial charge in [0.05, 0.1) is 16.2 Å². The van der Waals surface area contributed by atoms with Gasteiger partial charge in [-0.25, -0.2) is 8.42 Å². The zero-order chi connectivity index (χ0) is 23.9. The van der Waals surface area contributed by atoms with Crippen LogP contribution in [0.2, 0.25) is 0 Å². The molecule has 34 heavy (non-hydrogen) atoms. The highest BCUT2D eigenvalue weighted by Crippen LogP contribution is 2.32. The van der Waals surface area contributed by atoms with Gasteiger partial charge in [-0.3, -0.25) is 9.71 Å². The molecule has 0 atom stereocenters. The van der Waals surface area contributed by atoms with Crippen molar-refractivity contribution in [3.8, 4) is 0 Å². The van der Waals surface area contributed by atoms with Crippen molar-refractivity contribution in [1.29, 1.82) is 0 Å². The van der Waals surface area contributed by atoms with E-state index in [9.17, 15) is 21.6 Å². The van der Waals surface area contributed by atoms with Gasteiger partial charge < -0.3 is 0 Å². The second kappa shape index (κ2) is 8.29. The number of fused-ring (bicyclic) bond motifs is 2. The predicted molar refractivity (Wildman–Crippen MR) is 127 cm³/mol. The number of alkyl halides is 3. The van der Waals surface area contributed by atoms with Crippen LogP contribution in [0, 0.1) is 0 Å². The molecule has 4 nitrogen and oxygen atoms in total. The third-order valence-electron chi connectivity index (χ3n) is 5.78. The van der Waals surface area contributed by atoms with Crippen molar-refractivity contribution in [2.45, 2.75) is 17.5 Å². The monoisotopic (exact) mass is 480 g/mol. The van der Waals surface area contributed by atoms with Gasteiger partial charge in [0, 0.05) is 23.4 Å². The number of hydrogen-bond donors (Lipinski definition) is 1. The molecular formula is C26H19F3N2O2S. The van der Waals surface area contributed by atoms with Crippen LogP contribution >= 0.6 is 0 Å². The number of anilines is 1. The Bertz CT molecular complexity index is 1530. The van der Waals surface area contributed by atoms with E-state index in [4.69, 9.17) is 0 Å². The SMILES string of the molecule is O=S(=O)(Nc1ccc(C2=NCCc3cc(C(F)(F)F)ccc32)cc1)c1ccc2ccccc2c1. The van der Waals surface area contributed by atoms with Crippen molar-refractivity contribution < 1.29 is 21.6 Å². The number of hydrogen-bond acceptors (Lipinski definition) is 3. The van der Waals surface area contributed by atoms with E-state index in [1.165, 1.54) is 12.1 Å². The topological polar surface area (TPSA) is 58.5 Å². The fourth-order valence-electron chi connectivity index (χ4n) is 4.07. The lowest BCUT2D eigenvalue weighted by Gasteiger charge is -2.19. The lowest BCUT2D eigenvalue weighted by molar-refractivity contribution is -0.137. The van der Waals surface area contributed by atoms with Crippen LogP contribution in [0.5, 0.6) is 0 Å². The van der Waals surface area contributed by atoms with Crippen molar-refractivity contribution in [2.24, 2.45) is 4.99 Å². The van der Waals surface area contributed by atoms with E-state index >= 15 is 0 Å². The molecule has 0 saturated heterocycles. The van der Waals surface area contributed by atoms with Crippen molar-refractivity contribution in [3.63, 3.8) is 0 Å². The minimum absolute atomic E-state index is 0.154. The minimum Gasteiger partial charge on any atom is -0.284 e. The Kier molecular flexibility index (Phi) is 5.40. The van der Waals surface area contributed by atoms with Crippen LogP contribution in [-0.4, -0.2) is 20.7 Å². The summed E-state index contributed by atoms with van der Waals surface area (Å²) in [5, 5.41) is 1.77. The normalized spacial score (nSPS) is 13.9. The molecule has 0 amide bonds. The minimum atomic E-state index is -4.40. The van der Waals surface area contributed by atoms with Gasteiger partial charge in [0.2, 0.25) is 0 Å². The smallest absolute Gasteiger partial charge is 0.284 e. The summed E-state index contributed by atoms with van der Waals surface area (Å²) >= 11 is 0. The molecule has 0 unspecified atom stereocenters. The van der Waals surface area contributed by atoms with Crippen molar-refractivity contribution >= 4 is 32.2 Å². The maximum atomic E-state index is 13.1. The molecule has 0 aromatic heterocycles. The average Bonchev–Trinajstić information content (AvgIpc) is 2.83. The van der Waals surface area contributed by atoms with E-state index in [2.05, 4.69) is 9.71 Å². The highest BCUT2D eigenvalue weighted by atomic mass is 32.2. The van der Waals surface area contributed by atoms with E-state index < -0.39 is 21.8 Å². The molecule has 1 N–H and O–H groups in total. The molecule has 1 aliphatic heterocycles. The number of benzene rings is 4. The molecule has 0 bridgehead atoms. The molecule has 1 aliphatic rings. The molecule has 8 heteroatoms. The molecule has 0 spiro atoms. The molecule has 0 fully saturated rings. The first-order valence-corrected chi connectivity index (χ1v) is 12.1. The van der Waals surface area contributed by atoms with Crippen LogP contribution in [0.4, 0.5) is 18.9 Å². The van der Waals surface area contributed by atoms with E-state index in [1.54, 1.807) is 42.5 Å². The van der Waals surface area contributed by atoms with Crippen molar-refractivity contribution in [1.82, 2.24) is 0 Å². The summed E-state index contributed by atoms with van der Waals surface area (Å²) in [6.07, 6.45) is -3.96. The molecule has 0 radical (unpaired) electrons. The van der Waals surface area contributed by atoms with Crippen molar-refractivity contribution in [2.75, 3.05) is 11.3 Å². The maximum Gasteiger partial charge on any atom is 0.416 e. The lowest BCUT2D eigenvalue weighted by Crippen LogP contribution is -2.16. The van der Waals surface area contributed by atoms with Gasteiger partial charge in [-0.15, -0.1) is 0 Å².